The Labute approximate surface area is 172 Å². The number of nitrogens with zero attached hydrogens (tertiary/aromatic N) is 4. The van der Waals surface area contributed by atoms with Gasteiger partial charge in [0.25, 0.3) is 0 Å². The summed E-state index contributed by atoms with van der Waals surface area (Å²) in [5, 5.41) is 4.19. The molecule has 1 atom stereocenters. The second-order valence-electron chi connectivity index (χ2n) is 8.31. The Bertz CT molecular complexity index is 816. The SMILES string of the molecule is CC1CN(c2ccc(N)cc2OCCn2cccn2)CCN1C(=O)OC(C)(C)C. The molecule has 8 nitrogen and oxygen atoms in total. The van der Waals surface area contributed by atoms with Gasteiger partial charge in [0.15, 0.2) is 0 Å². The quantitative estimate of drug-likeness (QED) is 0.775. The normalized spacial score (nSPS) is 17.3. The third-order valence-electron chi connectivity index (χ3n) is 4.72. The Kier molecular flexibility index (Phi) is 6.20. The van der Waals surface area contributed by atoms with Gasteiger partial charge in [-0.25, -0.2) is 4.79 Å². The van der Waals surface area contributed by atoms with Crippen molar-refractivity contribution >= 4 is 17.5 Å². The van der Waals surface area contributed by atoms with Crippen LogP contribution >= 0.6 is 0 Å². The van der Waals surface area contributed by atoms with Crippen LogP contribution in [0.3, 0.4) is 0 Å². The molecule has 2 aromatic rings. The van der Waals surface area contributed by atoms with E-state index < -0.39 is 5.60 Å². The van der Waals surface area contributed by atoms with Gasteiger partial charge in [-0.1, -0.05) is 0 Å². The summed E-state index contributed by atoms with van der Waals surface area (Å²) in [5.41, 5.74) is 7.12. The number of hydrogen-bond acceptors (Lipinski definition) is 6. The molecule has 1 saturated heterocycles. The summed E-state index contributed by atoms with van der Waals surface area (Å²) >= 11 is 0. The lowest BCUT2D eigenvalue weighted by atomic mass is 10.1. The van der Waals surface area contributed by atoms with Gasteiger partial charge in [-0.05, 0) is 45.9 Å². The number of hydrogen-bond donors (Lipinski definition) is 1. The van der Waals surface area contributed by atoms with Gasteiger partial charge in [-0.2, -0.15) is 5.10 Å². The predicted molar refractivity (Wildman–Crippen MR) is 113 cm³/mol. The zero-order valence-electron chi connectivity index (χ0n) is 17.7. The Morgan fingerprint density at radius 1 is 1.31 bits per heavy atom. The molecule has 0 saturated carbocycles. The summed E-state index contributed by atoms with van der Waals surface area (Å²) in [4.78, 5) is 16.5. The second-order valence-corrected chi connectivity index (χ2v) is 8.31. The molecule has 158 valence electrons. The van der Waals surface area contributed by atoms with Crippen LogP contribution in [-0.2, 0) is 11.3 Å². The fraction of sp³-hybridized carbons (Fsp3) is 0.524. The number of benzene rings is 1. The zero-order chi connectivity index (χ0) is 21.0. The maximum atomic E-state index is 12.5. The fourth-order valence-electron chi connectivity index (χ4n) is 3.36. The van der Waals surface area contributed by atoms with Crippen molar-refractivity contribution in [2.45, 2.75) is 45.9 Å². The highest BCUT2D eigenvalue weighted by Gasteiger charge is 2.31. The molecule has 0 aliphatic carbocycles. The summed E-state index contributed by atoms with van der Waals surface area (Å²) in [5.74, 6) is 0.745. The van der Waals surface area contributed by atoms with Crippen molar-refractivity contribution in [3.8, 4) is 5.75 Å². The number of aromatic nitrogens is 2. The molecule has 1 aliphatic rings. The van der Waals surface area contributed by atoms with Gasteiger partial charge in [0.1, 0.15) is 18.0 Å². The lowest BCUT2D eigenvalue weighted by Gasteiger charge is -2.41. The minimum absolute atomic E-state index is 0.0214. The summed E-state index contributed by atoms with van der Waals surface area (Å²) < 4.78 is 13.4. The van der Waals surface area contributed by atoms with E-state index in [2.05, 4.69) is 10.00 Å². The number of carbonyl (C=O) groups is 1. The number of piperazine rings is 1. The lowest BCUT2D eigenvalue weighted by molar-refractivity contribution is 0.0159. The van der Waals surface area contributed by atoms with E-state index in [9.17, 15) is 4.79 Å². The van der Waals surface area contributed by atoms with Crippen molar-refractivity contribution in [3.63, 3.8) is 0 Å². The summed E-state index contributed by atoms with van der Waals surface area (Å²) in [6, 6.07) is 7.61. The number of nitrogen functional groups attached to an aromatic ring is 1. The van der Waals surface area contributed by atoms with Crippen molar-refractivity contribution in [2.24, 2.45) is 0 Å². The molecular formula is C21H31N5O3. The van der Waals surface area contributed by atoms with E-state index in [1.807, 2.05) is 62.8 Å². The minimum Gasteiger partial charge on any atom is -0.489 e. The summed E-state index contributed by atoms with van der Waals surface area (Å²) in [7, 11) is 0. The Morgan fingerprint density at radius 3 is 2.76 bits per heavy atom. The van der Waals surface area contributed by atoms with Crippen LogP contribution in [0, 0.1) is 0 Å². The van der Waals surface area contributed by atoms with Gasteiger partial charge >= 0.3 is 6.09 Å². The Hall–Kier alpha value is -2.90. The highest BCUT2D eigenvalue weighted by atomic mass is 16.6. The van der Waals surface area contributed by atoms with Crippen molar-refractivity contribution in [3.05, 3.63) is 36.7 Å². The number of nitrogens with two attached hydrogens (primary N) is 1. The van der Waals surface area contributed by atoms with Crippen LogP contribution in [0.2, 0.25) is 0 Å². The van der Waals surface area contributed by atoms with Gasteiger partial charge in [0.2, 0.25) is 0 Å². The standard InChI is InChI=1S/C21H31N5O3/c1-16-15-24(10-11-26(16)20(27)29-21(2,3)4)18-7-6-17(22)14-19(18)28-13-12-25-9-5-8-23-25/h5-9,14,16H,10-13,15,22H2,1-4H3. The van der Waals surface area contributed by atoms with Crippen molar-refractivity contribution in [1.82, 2.24) is 14.7 Å². The first-order valence-corrected chi connectivity index (χ1v) is 9.97. The van der Waals surface area contributed by atoms with E-state index in [1.54, 1.807) is 11.1 Å². The van der Waals surface area contributed by atoms with Gasteiger partial charge in [0, 0.05) is 49.8 Å². The Morgan fingerprint density at radius 2 is 2.10 bits per heavy atom. The molecule has 0 spiro atoms. The van der Waals surface area contributed by atoms with Crippen molar-refractivity contribution < 1.29 is 14.3 Å². The van der Waals surface area contributed by atoms with Crippen molar-refractivity contribution in [1.29, 1.82) is 0 Å². The molecule has 1 aromatic heterocycles. The van der Waals surface area contributed by atoms with Crippen LogP contribution in [-0.4, -0.2) is 58.7 Å². The smallest absolute Gasteiger partial charge is 0.410 e. The molecule has 1 unspecified atom stereocenters. The zero-order valence-corrected chi connectivity index (χ0v) is 17.7. The first kappa shape index (κ1) is 20.8. The van der Waals surface area contributed by atoms with E-state index in [0.717, 1.165) is 11.4 Å². The number of carbonyl (C=O) groups excluding carboxylic acids is 1. The third-order valence-corrected chi connectivity index (χ3v) is 4.72. The molecule has 29 heavy (non-hydrogen) atoms. The maximum Gasteiger partial charge on any atom is 0.410 e. The highest BCUT2D eigenvalue weighted by Crippen LogP contribution is 2.32. The molecule has 2 heterocycles. The topological polar surface area (TPSA) is 85.9 Å². The molecule has 1 amide bonds. The average molecular weight is 402 g/mol. The predicted octanol–water partition coefficient (Wildman–Crippen LogP) is 2.99. The third kappa shape index (κ3) is 5.56. The highest BCUT2D eigenvalue weighted by molar-refractivity contribution is 5.70. The monoisotopic (exact) mass is 401 g/mol. The molecular weight excluding hydrogens is 370 g/mol. The summed E-state index contributed by atoms with van der Waals surface area (Å²) in [6.45, 7) is 10.8. The van der Waals surface area contributed by atoms with E-state index in [1.165, 1.54) is 0 Å². The van der Waals surface area contributed by atoms with Gasteiger partial charge in [0.05, 0.1) is 12.2 Å². The van der Waals surface area contributed by atoms with E-state index in [0.29, 0.717) is 38.5 Å². The molecule has 1 aromatic carbocycles. The second kappa shape index (κ2) is 8.63. The lowest BCUT2D eigenvalue weighted by Crippen LogP contribution is -2.55. The van der Waals surface area contributed by atoms with Crippen molar-refractivity contribution in [2.75, 3.05) is 36.9 Å². The first-order valence-electron chi connectivity index (χ1n) is 9.97. The van der Waals surface area contributed by atoms with Crippen LogP contribution in [0.4, 0.5) is 16.2 Å². The van der Waals surface area contributed by atoms with Crippen LogP contribution in [0.1, 0.15) is 27.7 Å². The van der Waals surface area contributed by atoms with Gasteiger partial charge in [-0.3, -0.25) is 4.68 Å². The summed E-state index contributed by atoms with van der Waals surface area (Å²) in [6.07, 6.45) is 3.39. The van der Waals surface area contributed by atoms with E-state index in [4.69, 9.17) is 15.2 Å². The number of anilines is 2. The minimum atomic E-state index is -0.500. The number of ether oxygens (including phenoxy) is 2. The fourth-order valence-corrected chi connectivity index (χ4v) is 3.36. The largest absolute Gasteiger partial charge is 0.489 e. The number of amides is 1. The van der Waals surface area contributed by atoms with Crippen LogP contribution in [0.5, 0.6) is 5.75 Å². The van der Waals surface area contributed by atoms with E-state index in [-0.39, 0.29) is 12.1 Å². The molecule has 1 aliphatic heterocycles. The van der Waals surface area contributed by atoms with Crippen LogP contribution < -0.4 is 15.4 Å². The van der Waals surface area contributed by atoms with Gasteiger partial charge in [-0.15, -0.1) is 0 Å². The Balaban J connectivity index is 1.65. The molecule has 3 rings (SSSR count). The molecule has 1 fully saturated rings. The maximum absolute atomic E-state index is 12.5. The van der Waals surface area contributed by atoms with Gasteiger partial charge < -0.3 is 25.0 Å². The molecule has 0 radical (unpaired) electrons. The number of rotatable bonds is 5. The van der Waals surface area contributed by atoms with Crippen LogP contribution in [0.15, 0.2) is 36.7 Å². The average Bonchev–Trinajstić information content (AvgIpc) is 3.13. The van der Waals surface area contributed by atoms with Crippen LogP contribution in [0.25, 0.3) is 0 Å². The molecule has 0 bridgehead atoms. The first-order chi connectivity index (χ1) is 13.7. The molecule has 8 heteroatoms. The molecule has 2 N–H and O–H groups in total. The van der Waals surface area contributed by atoms with E-state index >= 15 is 0 Å².